The zero-order valence-corrected chi connectivity index (χ0v) is 15.8. The van der Waals surface area contributed by atoms with Crippen molar-refractivity contribution in [1.82, 2.24) is 5.32 Å². The smallest absolute Gasteiger partial charge is 0.415 e. The maximum atomic E-state index is 12.0. The van der Waals surface area contributed by atoms with Gasteiger partial charge in [-0.1, -0.05) is 58.4 Å². The largest absolute Gasteiger partial charge is 0.462 e. The average Bonchev–Trinajstić information content (AvgIpc) is 3.04. The SMILES string of the molecule is O=C(NC1=NC2(CCc3cccc(Br)c3C2)CO1)OCc1ccccc1. The summed E-state index contributed by atoms with van der Waals surface area (Å²) in [7, 11) is 0. The molecule has 2 aromatic carbocycles. The molecule has 0 bridgehead atoms. The van der Waals surface area contributed by atoms with E-state index in [1.165, 1.54) is 11.1 Å². The number of nitrogens with one attached hydrogen (secondary N) is 1. The van der Waals surface area contributed by atoms with Gasteiger partial charge in [-0.05, 0) is 35.6 Å². The molecular formula is C20H19BrN2O3. The Morgan fingerprint density at radius 1 is 1.23 bits per heavy atom. The normalized spacial score (nSPS) is 20.9. The molecule has 1 atom stereocenters. The van der Waals surface area contributed by atoms with Crippen molar-refractivity contribution in [3.63, 3.8) is 0 Å². The Hall–Kier alpha value is -2.34. The maximum Gasteiger partial charge on any atom is 0.415 e. The number of amidine groups is 1. The van der Waals surface area contributed by atoms with Gasteiger partial charge in [0.2, 0.25) is 0 Å². The van der Waals surface area contributed by atoms with Crippen LogP contribution in [0.2, 0.25) is 0 Å². The lowest BCUT2D eigenvalue weighted by atomic mass is 9.79. The number of hydrogen-bond acceptors (Lipinski definition) is 4. The molecule has 0 aromatic heterocycles. The molecule has 1 heterocycles. The zero-order valence-electron chi connectivity index (χ0n) is 14.2. The first kappa shape index (κ1) is 17.1. The first-order chi connectivity index (χ1) is 12.6. The van der Waals surface area contributed by atoms with Gasteiger partial charge in [-0.3, -0.25) is 0 Å². The van der Waals surface area contributed by atoms with Crippen molar-refractivity contribution in [2.24, 2.45) is 4.99 Å². The molecule has 134 valence electrons. The number of halogens is 1. The standard InChI is InChI=1S/C20H19BrN2O3/c21-17-8-4-7-15-9-10-20(11-16(15)17)13-26-18(23-20)22-19(24)25-12-14-5-2-1-3-6-14/h1-8H,9-13H2,(H,22,23,24). The predicted molar refractivity (Wildman–Crippen MR) is 102 cm³/mol. The van der Waals surface area contributed by atoms with E-state index >= 15 is 0 Å². The number of nitrogens with zero attached hydrogens (tertiary/aromatic N) is 1. The third kappa shape index (κ3) is 3.60. The van der Waals surface area contributed by atoms with Gasteiger partial charge in [-0.25, -0.2) is 15.1 Å². The summed E-state index contributed by atoms with van der Waals surface area (Å²) in [5.41, 5.74) is 3.25. The number of aryl methyl sites for hydroxylation is 1. The van der Waals surface area contributed by atoms with Crippen molar-refractivity contribution < 1.29 is 14.3 Å². The van der Waals surface area contributed by atoms with E-state index < -0.39 is 6.09 Å². The van der Waals surface area contributed by atoms with Gasteiger partial charge < -0.3 is 9.47 Å². The molecule has 5 nitrogen and oxygen atoms in total. The molecule has 1 aliphatic heterocycles. The number of alkyl carbamates (subject to hydrolysis) is 1. The van der Waals surface area contributed by atoms with E-state index in [9.17, 15) is 4.79 Å². The van der Waals surface area contributed by atoms with Crippen LogP contribution in [0.25, 0.3) is 0 Å². The molecule has 0 saturated carbocycles. The van der Waals surface area contributed by atoms with Crippen molar-refractivity contribution >= 4 is 28.0 Å². The molecule has 1 spiro atoms. The highest BCUT2D eigenvalue weighted by Crippen LogP contribution is 2.37. The van der Waals surface area contributed by atoms with Gasteiger partial charge >= 0.3 is 6.09 Å². The van der Waals surface area contributed by atoms with Crippen molar-refractivity contribution in [2.45, 2.75) is 31.4 Å². The van der Waals surface area contributed by atoms with E-state index in [1.54, 1.807) is 0 Å². The number of amides is 1. The van der Waals surface area contributed by atoms with Crippen LogP contribution in [0.5, 0.6) is 0 Å². The highest BCUT2D eigenvalue weighted by molar-refractivity contribution is 9.10. The van der Waals surface area contributed by atoms with Gasteiger partial charge in [0.25, 0.3) is 6.02 Å². The molecule has 1 N–H and O–H groups in total. The monoisotopic (exact) mass is 414 g/mol. The predicted octanol–water partition coefficient (Wildman–Crippen LogP) is 3.99. The molecule has 0 fully saturated rings. The third-order valence-corrected chi connectivity index (χ3v) is 5.56. The first-order valence-corrected chi connectivity index (χ1v) is 9.39. The van der Waals surface area contributed by atoms with Crippen LogP contribution in [0.1, 0.15) is 23.1 Å². The van der Waals surface area contributed by atoms with E-state index in [1.807, 2.05) is 30.3 Å². The molecule has 1 unspecified atom stereocenters. The van der Waals surface area contributed by atoms with Crippen LogP contribution in [0.15, 0.2) is 58.0 Å². The number of carbonyl (C=O) groups excluding carboxylic acids is 1. The lowest BCUT2D eigenvalue weighted by molar-refractivity contribution is 0.142. The number of fused-ring (bicyclic) bond motifs is 1. The number of carbonyl (C=O) groups is 1. The van der Waals surface area contributed by atoms with Crippen molar-refractivity contribution in [1.29, 1.82) is 0 Å². The van der Waals surface area contributed by atoms with E-state index in [4.69, 9.17) is 9.47 Å². The van der Waals surface area contributed by atoms with Crippen LogP contribution >= 0.6 is 15.9 Å². The van der Waals surface area contributed by atoms with Gasteiger partial charge in [-0.15, -0.1) is 0 Å². The van der Waals surface area contributed by atoms with Gasteiger partial charge in [0.05, 0.1) is 0 Å². The minimum absolute atomic E-state index is 0.214. The minimum atomic E-state index is -0.554. The molecule has 4 rings (SSSR count). The molecule has 1 aliphatic carbocycles. The quantitative estimate of drug-likeness (QED) is 0.807. The fraction of sp³-hybridized carbons (Fsp3) is 0.300. The second-order valence-electron chi connectivity index (χ2n) is 6.67. The van der Waals surface area contributed by atoms with Crippen LogP contribution in [-0.4, -0.2) is 24.3 Å². The van der Waals surface area contributed by atoms with Crippen LogP contribution in [0.3, 0.4) is 0 Å². The summed E-state index contributed by atoms with van der Waals surface area (Å²) in [4.78, 5) is 16.7. The Kier molecular flexibility index (Phi) is 4.68. The summed E-state index contributed by atoms with van der Waals surface area (Å²) in [6, 6.07) is 16.1. The third-order valence-electron chi connectivity index (χ3n) is 4.82. The van der Waals surface area contributed by atoms with Crippen LogP contribution in [0.4, 0.5) is 4.79 Å². The summed E-state index contributed by atoms with van der Waals surface area (Å²) in [5, 5.41) is 2.61. The van der Waals surface area contributed by atoms with Gasteiger partial charge in [0.15, 0.2) is 0 Å². The van der Waals surface area contributed by atoms with E-state index in [0.717, 1.165) is 29.3 Å². The molecule has 2 aliphatic rings. The molecular weight excluding hydrogens is 396 g/mol. The molecule has 26 heavy (non-hydrogen) atoms. The number of ether oxygens (including phenoxy) is 2. The highest BCUT2D eigenvalue weighted by Gasteiger charge is 2.40. The number of aliphatic imine (C=N–C) groups is 1. The number of rotatable bonds is 2. The van der Waals surface area contributed by atoms with Crippen molar-refractivity contribution in [3.05, 3.63) is 69.7 Å². The Morgan fingerprint density at radius 2 is 2.08 bits per heavy atom. The first-order valence-electron chi connectivity index (χ1n) is 8.60. The Morgan fingerprint density at radius 3 is 2.92 bits per heavy atom. The van der Waals surface area contributed by atoms with E-state index in [-0.39, 0.29) is 18.2 Å². The highest BCUT2D eigenvalue weighted by atomic mass is 79.9. The Bertz CT molecular complexity index is 853. The summed E-state index contributed by atoms with van der Waals surface area (Å²) < 4.78 is 12.0. The average molecular weight is 415 g/mol. The molecule has 6 heteroatoms. The van der Waals surface area contributed by atoms with Gasteiger partial charge in [0, 0.05) is 10.9 Å². The van der Waals surface area contributed by atoms with Crippen molar-refractivity contribution in [3.8, 4) is 0 Å². The summed E-state index contributed by atoms with van der Waals surface area (Å²) in [6.07, 6.45) is 2.10. The van der Waals surface area contributed by atoms with E-state index in [2.05, 4.69) is 44.4 Å². The molecule has 1 amide bonds. The fourth-order valence-corrected chi connectivity index (χ4v) is 3.98. The van der Waals surface area contributed by atoms with Gasteiger partial charge in [-0.2, -0.15) is 0 Å². The zero-order chi connectivity index (χ0) is 18.0. The lowest BCUT2D eigenvalue weighted by Crippen LogP contribution is -2.35. The number of hydrogen-bond donors (Lipinski definition) is 1. The summed E-state index contributed by atoms with van der Waals surface area (Å²) >= 11 is 3.63. The minimum Gasteiger partial charge on any atom is -0.462 e. The second-order valence-corrected chi connectivity index (χ2v) is 7.53. The number of benzene rings is 2. The molecule has 2 aromatic rings. The lowest BCUT2D eigenvalue weighted by Gasteiger charge is -2.30. The van der Waals surface area contributed by atoms with Crippen LogP contribution in [0, 0.1) is 0 Å². The Labute approximate surface area is 160 Å². The Balaban J connectivity index is 1.39. The van der Waals surface area contributed by atoms with E-state index in [0.29, 0.717) is 6.61 Å². The molecule has 0 saturated heterocycles. The van der Waals surface area contributed by atoms with Crippen LogP contribution < -0.4 is 5.32 Å². The molecule has 0 radical (unpaired) electrons. The van der Waals surface area contributed by atoms with Crippen molar-refractivity contribution in [2.75, 3.05) is 6.61 Å². The van der Waals surface area contributed by atoms with Crippen LogP contribution in [-0.2, 0) is 28.9 Å². The summed E-state index contributed by atoms with van der Waals surface area (Å²) in [6.45, 7) is 0.688. The maximum absolute atomic E-state index is 12.0. The topological polar surface area (TPSA) is 59.9 Å². The summed E-state index contributed by atoms with van der Waals surface area (Å²) in [5.74, 6) is 0. The fourth-order valence-electron chi connectivity index (χ4n) is 3.43. The van der Waals surface area contributed by atoms with Gasteiger partial charge in [0.1, 0.15) is 18.8 Å². The second kappa shape index (κ2) is 7.11.